The summed E-state index contributed by atoms with van der Waals surface area (Å²) in [6, 6.07) is 0. The molecule has 0 aliphatic rings. The van der Waals surface area contributed by atoms with Crippen molar-refractivity contribution in [2.24, 2.45) is 0 Å². The van der Waals surface area contributed by atoms with Crippen molar-refractivity contribution in [1.82, 2.24) is 0 Å². The van der Waals surface area contributed by atoms with E-state index in [4.69, 9.17) is 0 Å². The third kappa shape index (κ3) is 6.45. The van der Waals surface area contributed by atoms with Gasteiger partial charge >= 0.3 is 0 Å². The third-order valence-corrected chi connectivity index (χ3v) is 1.79. The number of allylic oxidation sites excluding steroid dienone is 3. The van der Waals surface area contributed by atoms with Crippen LogP contribution in [-0.4, -0.2) is 11.6 Å². The Bertz CT molecular complexity index is 321. The fourth-order valence-corrected chi connectivity index (χ4v) is 0.981. The number of hydrogen-bond acceptors (Lipinski definition) is 2. The number of ketones is 2. The Morgan fingerprint density at radius 1 is 1.27 bits per heavy atom. The first-order chi connectivity index (χ1) is 7.09. The number of hydrogen-bond donors (Lipinski definition) is 0. The van der Waals surface area contributed by atoms with Crippen LogP contribution in [-0.2, 0) is 9.59 Å². The maximum Gasteiger partial charge on any atom is 0.164 e. The SMILES string of the molecule is C=CCCCC#CC=C(C(C)=O)C(C)=O. The standard InChI is InChI=1S/C13H16O2/c1-4-5-6-7-8-9-10-13(11(2)14)12(3)15/h4,10H,1,5-7H2,2-3H3. The molecule has 2 nitrogen and oxygen atoms in total. The van der Waals surface area contributed by atoms with Gasteiger partial charge < -0.3 is 0 Å². The second-order valence-electron chi connectivity index (χ2n) is 3.17. The molecule has 80 valence electrons. The van der Waals surface area contributed by atoms with Gasteiger partial charge in [-0.3, -0.25) is 9.59 Å². The van der Waals surface area contributed by atoms with Gasteiger partial charge in [-0.15, -0.1) is 6.58 Å². The molecule has 0 radical (unpaired) electrons. The van der Waals surface area contributed by atoms with E-state index in [1.54, 1.807) is 0 Å². The van der Waals surface area contributed by atoms with Crippen molar-refractivity contribution in [3.8, 4) is 11.8 Å². The van der Waals surface area contributed by atoms with Gasteiger partial charge in [-0.05, 0) is 26.7 Å². The number of carbonyl (C=O) groups excluding carboxylic acids is 2. The van der Waals surface area contributed by atoms with Crippen LogP contribution in [0.25, 0.3) is 0 Å². The first kappa shape index (κ1) is 13.4. The highest BCUT2D eigenvalue weighted by atomic mass is 16.1. The Hall–Kier alpha value is -1.62. The van der Waals surface area contributed by atoms with Gasteiger partial charge in [-0.1, -0.05) is 17.9 Å². The van der Waals surface area contributed by atoms with Crippen molar-refractivity contribution in [2.75, 3.05) is 0 Å². The highest BCUT2D eigenvalue weighted by Crippen LogP contribution is 1.97. The van der Waals surface area contributed by atoms with Crippen LogP contribution in [0.5, 0.6) is 0 Å². The highest BCUT2D eigenvalue weighted by Gasteiger charge is 2.07. The summed E-state index contributed by atoms with van der Waals surface area (Å²) in [5, 5.41) is 0. The molecular formula is C13H16O2. The van der Waals surface area contributed by atoms with Gasteiger partial charge in [0.1, 0.15) is 0 Å². The van der Waals surface area contributed by atoms with E-state index in [2.05, 4.69) is 18.4 Å². The Kier molecular flexibility index (Phi) is 6.92. The maximum atomic E-state index is 11.0. The zero-order chi connectivity index (χ0) is 11.7. The first-order valence-electron chi connectivity index (χ1n) is 4.91. The summed E-state index contributed by atoms with van der Waals surface area (Å²) in [4.78, 5) is 22.0. The predicted octanol–water partition coefficient (Wildman–Crippen LogP) is 2.45. The van der Waals surface area contributed by atoms with Gasteiger partial charge in [0.15, 0.2) is 11.6 Å². The number of Topliss-reactive ketones (excluding diaryl/α,β-unsaturated/α-hetero) is 2. The minimum atomic E-state index is -0.233. The van der Waals surface area contributed by atoms with Crippen LogP contribution in [0.2, 0.25) is 0 Å². The van der Waals surface area contributed by atoms with Gasteiger partial charge in [-0.2, -0.15) is 0 Å². The Labute approximate surface area is 91.1 Å². The number of rotatable bonds is 5. The van der Waals surface area contributed by atoms with E-state index in [1.165, 1.54) is 19.9 Å². The average Bonchev–Trinajstić information content (AvgIpc) is 2.15. The molecule has 0 amide bonds. The molecule has 0 aromatic carbocycles. The molecule has 0 aliphatic heterocycles. The molecule has 0 N–H and O–H groups in total. The second kappa shape index (κ2) is 7.75. The van der Waals surface area contributed by atoms with Gasteiger partial charge in [0, 0.05) is 12.5 Å². The van der Waals surface area contributed by atoms with Gasteiger partial charge in [0.2, 0.25) is 0 Å². The van der Waals surface area contributed by atoms with Gasteiger partial charge in [-0.25, -0.2) is 0 Å². The summed E-state index contributed by atoms with van der Waals surface area (Å²) in [5.41, 5.74) is 0.172. The summed E-state index contributed by atoms with van der Waals surface area (Å²) < 4.78 is 0. The minimum absolute atomic E-state index is 0.172. The van der Waals surface area contributed by atoms with E-state index >= 15 is 0 Å². The lowest BCUT2D eigenvalue weighted by Crippen LogP contribution is -2.05. The topological polar surface area (TPSA) is 34.1 Å². The lowest BCUT2D eigenvalue weighted by Gasteiger charge is -1.92. The van der Waals surface area contributed by atoms with Crippen LogP contribution in [0.4, 0.5) is 0 Å². The third-order valence-electron chi connectivity index (χ3n) is 1.79. The normalized spacial score (nSPS) is 8.40. The molecule has 0 spiro atoms. The molecule has 0 unspecified atom stereocenters. The van der Waals surface area contributed by atoms with Gasteiger partial charge in [0.25, 0.3) is 0 Å². The molecular weight excluding hydrogens is 188 g/mol. The zero-order valence-electron chi connectivity index (χ0n) is 9.30. The van der Waals surface area contributed by atoms with Crippen molar-refractivity contribution < 1.29 is 9.59 Å². The summed E-state index contributed by atoms with van der Waals surface area (Å²) in [7, 11) is 0. The van der Waals surface area contributed by atoms with Crippen LogP contribution in [0.3, 0.4) is 0 Å². The van der Waals surface area contributed by atoms with E-state index in [0.29, 0.717) is 0 Å². The molecule has 15 heavy (non-hydrogen) atoms. The van der Waals surface area contributed by atoms with E-state index < -0.39 is 0 Å². The molecule has 2 heteroatoms. The van der Waals surface area contributed by atoms with Crippen molar-refractivity contribution >= 4 is 11.6 Å². The Morgan fingerprint density at radius 3 is 2.33 bits per heavy atom. The smallest absolute Gasteiger partial charge is 0.164 e. The number of carbonyl (C=O) groups is 2. The average molecular weight is 204 g/mol. The summed E-state index contributed by atoms with van der Waals surface area (Å²) >= 11 is 0. The second-order valence-corrected chi connectivity index (χ2v) is 3.17. The van der Waals surface area contributed by atoms with Crippen LogP contribution in [0, 0.1) is 11.8 Å². The summed E-state index contributed by atoms with van der Waals surface area (Å²) in [5.74, 6) is 5.13. The highest BCUT2D eigenvalue weighted by molar-refractivity contribution is 6.18. The van der Waals surface area contributed by atoms with E-state index in [0.717, 1.165) is 19.3 Å². The number of unbranched alkanes of at least 4 members (excludes halogenated alkanes) is 2. The molecule has 0 rings (SSSR count). The van der Waals surface area contributed by atoms with Gasteiger partial charge in [0.05, 0.1) is 5.57 Å². The monoisotopic (exact) mass is 204 g/mol. The maximum absolute atomic E-state index is 11.0. The van der Waals surface area contributed by atoms with Crippen LogP contribution in [0.15, 0.2) is 24.3 Å². The lowest BCUT2D eigenvalue weighted by atomic mass is 10.1. The lowest BCUT2D eigenvalue weighted by molar-refractivity contribution is -0.119. The summed E-state index contributed by atoms with van der Waals surface area (Å²) in [6.45, 7) is 6.34. The molecule has 0 heterocycles. The zero-order valence-corrected chi connectivity index (χ0v) is 9.30. The van der Waals surface area contributed by atoms with Crippen molar-refractivity contribution in [2.45, 2.75) is 33.1 Å². The van der Waals surface area contributed by atoms with Crippen molar-refractivity contribution in [1.29, 1.82) is 0 Å². The fourth-order valence-electron chi connectivity index (χ4n) is 0.981. The molecule has 0 atom stereocenters. The van der Waals surface area contributed by atoms with Crippen molar-refractivity contribution in [3.63, 3.8) is 0 Å². The van der Waals surface area contributed by atoms with E-state index in [9.17, 15) is 9.59 Å². The molecule has 0 aliphatic carbocycles. The molecule has 0 saturated heterocycles. The molecule has 0 saturated carbocycles. The predicted molar refractivity (Wildman–Crippen MR) is 61.3 cm³/mol. The minimum Gasteiger partial charge on any atom is -0.294 e. The van der Waals surface area contributed by atoms with Crippen LogP contribution < -0.4 is 0 Å². The summed E-state index contributed by atoms with van der Waals surface area (Å²) in [6.07, 6.45) is 5.89. The van der Waals surface area contributed by atoms with E-state index in [-0.39, 0.29) is 17.1 Å². The van der Waals surface area contributed by atoms with Crippen molar-refractivity contribution in [3.05, 3.63) is 24.3 Å². The molecule has 0 aromatic rings. The molecule has 0 bridgehead atoms. The van der Waals surface area contributed by atoms with Crippen LogP contribution in [0.1, 0.15) is 33.1 Å². The quantitative estimate of drug-likeness (QED) is 0.172. The van der Waals surface area contributed by atoms with E-state index in [1.807, 2.05) is 6.08 Å². The molecule has 0 fully saturated rings. The Morgan fingerprint density at radius 2 is 1.87 bits per heavy atom. The first-order valence-corrected chi connectivity index (χ1v) is 4.91. The fraction of sp³-hybridized carbons (Fsp3) is 0.385. The molecule has 0 aromatic heterocycles. The largest absolute Gasteiger partial charge is 0.294 e. The Balaban J connectivity index is 4.26. The van der Waals surface area contributed by atoms with Crippen LogP contribution >= 0.6 is 0 Å².